The van der Waals surface area contributed by atoms with Gasteiger partial charge in [0.25, 0.3) is 0 Å². The fourth-order valence-electron chi connectivity index (χ4n) is 3.12. The van der Waals surface area contributed by atoms with Gasteiger partial charge in [0.1, 0.15) is 5.82 Å². The van der Waals surface area contributed by atoms with Crippen LogP contribution in [0, 0.1) is 0 Å². The molecule has 1 aliphatic rings. The summed E-state index contributed by atoms with van der Waals surface area (Å²) < 4.78 is 2.30. The third-order valence-corrected chi connectivity index (χ3v) is 4.46. The Hall–Kier alpha value is -2.56. The molecule has 0 fully saturated rings. The predicted octanol–water partition coefficient (Wildman–Crippen LogP) is 3.78. The summed E-state index contributed by atoms with van der Waals surface area (Å²) in [7, 11) is 0. The molecule has 0 saturated carbocycles. The van der Waals surface area contributed by atoms with Crippen molar-refractivity contribution in [2.75, 3.05) is 5.32 Å². The Bertz CT molecular complexity index is 747. The summed E-state index contributed by atoms with van der Waals surface area (Å²) in [6, 6.07) is 8.69. The number of fused-ring (bicyclic) bond motifs is 1. The molecule has 5 heteroatoms. The van der Waals surface area contributed by atoms with E-state index in [0.29, 0.717) is 0 Å². The van der Waals surface area contributed by atoms with Crippen molar-refractivity contribution in [2.24, 2.45) is 0 Å². The third-order valence-electron chi connectivity index (χ3n) is 4.46. The molecule has 0 spiro atoms. The number of benzene rings is 1. The topological polar surface area (TPSA) is 58.5 Å². The van der Waals surface area contributed by atoms with E-state index < -0.39 is 0 Å². The van der Waals surface area contributed by atoms with Gasteiger partial charge in [-0.2, -0.15) is 0 Å². The van der Waals surface area contributed by atoms with Crippen molar-refractivity contribution in [2.45, 2.75) is 38.8 Å². The molecule has 5 nitrogen and oxygen atoms in total. The van der Waals surface area contributed by atoms with Gasteiger partial charge in [-0.25, -0.2) is 9.97 Å². The SMILES string of the molecule is CC(Nc1ccc(-c2cn3c(n2)CCCC3)cc1)c1cnc[nH]1. The lowest BCUT2D eigenvalue weighted by Crippen LogP contribution is -2.08. The summed E-state index contributed by atoms with van der Waals surface area (Å²) in [5.74, 6) is 1.22. The zero-order valence-electron chi connectivity index (χ0n) is 13.3. The molecule has 0 amide bonds. The zero-order chi connectivity index (χ0) is 15.6. The lowest BCUT2D eigenvalue weighted by molar-refractivity contribution is 0.522. The monoisotopic (exact) mass is 307 g/mol. The lowest BCUT2D eigenvalue weighted by Gasteiger charge is -2.13. The van der Waals surface area contributed by atoms with Crippen LogP contribution in [0.4, 0.5) is 5.69 Å². The minimum Gasteiger partial charge on any atom is -0.377 e. The number of aromatic amines is 1. The zero-order valence-corrected chi connectivity index (χ0v) is 13.3. The van der Waals surface area contributed by atoms with Crippen LogP contribution in [0.25, 0.3) is 11.3 Å². The molecule has 4 rings (SSSR count). The highest BCUT2D eigenvalue weighted by Crippen LogP contribution is 2.25. The standard InChI is InChI=1S/C18H21N5/c1-13(16-10-19-12-20-16)21-15-7-5-14(6-8-15)17-11-23-9-3-2-4-18(23)22-17/h5-8,10-13,21H,2-4,9H2,1H3,(H,19,20). The first-order valence-corrected chi connectivity index (χ1v) is 8.21. The largest absolute Gasteiger partial charge is 0.377 e. The van der Waals surface area contributed by atoms with Crippen LogP contribution in [-0.4, -0.2) is 19.5 Å². The van der Waals surface area contributed by atoms with E-state index in [2.05, 4.69) is 57.2 Å². The van der Waals surface area contributed by atoms with Crippen LogP contribution in [0.3, 0.4) is 0 Å². The molecule has 3 heterocycles. The number of imidazole rings is 2. The van der Waals surface area contributed by atoms with Gasteiger partial charge in [-0.3, -0.25) is 0 Å². The Balaban J connectivity index is 1.50. The van der Waals surface area contributed by atoms with Gasteiger partial charge < -0.3 is 14.9 Å². The first-order chi connectivity index (χ1) is 11.3. The smallest absolute Gasteiger partial charge is 0.109 e. The summed E-state index contributed by atoms with van der Waals surface area (Å²) in [6.45, 7) is 3.22. The van der Waals surface area contributed by atoms with Crippen LogP contribution in [0.15, 0.2) is 43.0 Å². The molecule has 1 atom stereocenters. The molecule has 1 aromatic carbocycles. The molecule has 1 aliphatic heterocycles. The number of H-pyrrole nitrogens is 1. The van der Waals surface area contributed by atoms with Crippen molar-refractivity contribution < 1.29 is 0 Å². The number of nitrogens with zero attached hydrogens (tertiary/aromatic N) is 3. The first kappa shape index (κ1) is 14.1. The second-order valence-electron chi connectivity index (χ2n) is 6.14. The number of aromatic nitrogens is 4. The number of nitrogens with one attached hydrogen (secondary N) is 2. The predicted molar refractivity (Wildman–Crippen MR) is 91.2 cm³/mol. The second kappa shape index (κ2) is 5.91. The molecular formula is C18H21N5. The molecule has 1 unspecified atom stereocenters. The van der Waals surface area contributed by atoms with E-state index in [-0.39, 0.29) is 6.04 Å². The molecule has 3 aromatic rings. The van der Waals surface area contributed by atoms with Crippen molar-refractivity contribution in [1.29, 1.82) is 0 Å². The van der Waals surface area contributed by atoms with E-state index >= 15 is 0 Å². The van der Waals surface area contributed by atoms with Crippen LogP contribution in [0.2, 0.25) is 0 Å². The van der Waals surface area contributed by atoms with E-state index in [1.165, 1.54) is 24.2 Å². The van der Waals surface area contributed by atoms with Crippen LogP contribution < -0.4 is 5.32 Å². The molecule has 2 aromatic heterocycles. The van der Waals surface area contributed by atoms with Crippen molar-refractivity contribution in [3.63, 3.8) is 0 Å². The maximum Gasteiger partial charge on any atom is 0.109 e. The van der Waals surface area contributed by atoms with E-state index in [4.69, 9.17) is 4.98 Å². The first-order valence-electron chi connectivity index (χ1n) is 8.21. The van der Waals surface area contributed by atoms with E-state index in [9.17, 15) is 0 Å². The maximum atomic E-state index is 4.78. The average Bonchev–Trinajstić information content (AvgIpc) is 3.25. The normalized spacial score (nSPS) is 15.2. The van der Waals surface area contributed by atoms with Gasteiger partial charge >= 0.3 is 0 Å². The molecule has 2 N–H and O–H groups in total. The van der Waals surface area contributed by atoms with Crippen molar-refractivity contribution >= 4 is 5.69 Å². The molecule has 0 bridgehead atoms. The molecule has 23 heavy (non-hydrogen) atoms. The molecule has 0 radical (unpaired) electrons. The minimum absolute atomic E-state index is 0.197. The Morgan fingerprint density at radius 1 is 1.22 bits per heavy atom. The van der Waals surface area contributed by atoms with E-state index in [1.807, 2.05) is 6.20 Å². The van der Waals surface area contributed by atoms with Gasteiger partial charge in [-0.1, -0.05) is 12.1 Å². The van der Waals surface area contributed by atoms with Crippen molar-refractivity contribution in [3.8, 4) is 11.3 Å². The molecule has 0 saturated heterocycles. The number of anilines is 1. The van der Waals surface area contributed by atoms with Crippen LogP contribution in [0.5, 0.6) is 0 Å². The third kappa shape index (κ3) is 2.86. The summed E-state index contributed by atoms with van der Waals surface area (Å²) >= 11 is 0. The molecular weight excluding hydrogens is 286 g/mol. The van der Waals surface area contributed by atoms with Gasteiger partial charge in [0.2, 0.25) is 0 Å². The summed E-state index contributed by atoms with van der Waals surface area (Å²) in [5.41, 5.74) is 4.43. The van der Waals surface area contributed by atoms with Crippen molar-refractivity contribution in [1.82, 2.24) is 19.5 Å². The summed E-state index contributed by atoms with van der Waals surface area (Å²) in [6.07, 6.45) is 9.35. The summed E-state index contributed by atoms with van der Waals surface area (Å²) in [5, 5.41) is 3.48. The quantitative estimate of drug-likeness (QED) is 0.771. The van der Waals surface area contributed by atoms with Crippen molar-refractivity contribution in [3.05, 3.63) is 54.5 Å². The van der Waals surface area contributed by atoms with E-state index in [0.717, 1.165) is 30.0 Å². The number of rotatable bonds is 4. The Morgan fingerprint density at radius 3 is 2.83 bits per heavy atom. The van der Waals surface area contributed by atoms with Gasteiger partial charge in [-0.05, 0) is 31.9 Å². The fraction of sp³-hybridized carbons (Fsp3) is 0.333. The minimum atomic E-state index is 0.197. The Labute approximate surface area is 135 Å². The highest BCUT2D eigenvalue weighted by Gasteiger charge is 2.13. The second-order valence-corrected chi connectivity index (χ2v) is 6.14. The molecule has 0 aliphatic carbocycles. The van der Waals surface area contributed by atoms with Crippen LogP contribution in [0.1, 0.15) is 37.3 Å². The highest BCUT2D eigenvalue weighted by atomic mass is 15.1. The molecule has 118 valence electrons. The van der Waals surface area contributed by atoms with Gasteiger partial charge in [-0.15, -0.1) is 0 Å². The number of hydrogen-bond donors (Lipinski definition) is 2. The number of aryl methyl sites for hydroxylation is 2. The fourth-order valence-corrected chi connectivity index (χ4v) is 3.12. The van der Waals surface area contributed by atoms with Crippen LogP contribution in [-0.2, 0) is 13.0 Å². The summed E-state index contributed by atoms with van der Waals surface area (Å²) in [4.78, 5) is 12.0. The lowest BCUT2D eigenvalue weighted by atomic mass is 10.1. The maximum absolute atomic E-state index is 4.78. The Kier molecular flexibility index (Phi) is 3.61. The van der Waals surface area contributed by atoms with Gasteiger partial charge in [0, 0.05) is 36.6 Å². The Morgan fingerprint density at radius 2 is 2.09 bits per heavy atom. The van der Waals surface area contributed by atoms with Gasteiger partial charge in [0.05, 0.1) is 23.8 Å². The van der Waals surface area contributed by atoms with Gasteiger partial charge in [0.15, 0.2) is 0 Å². The highest BCUT2D eigenvalue weighted by molar-refractivity contribution is 5.62. The average molecular weight is 307 g/mol. The van der Waals surface area contributed by atoms with Crippen LogP contribution >= 0.6 is 0 Å². The van der Waals surface area contributed by atoms with E-state index in [1.54, 1.807) is 6.33 Å². The number of hydrogen-bond acceptors (Lipinski definition) is 3.